The van der Waals surface area contributed by atoms with Crippen molar-refractivity contribution in [3.8, 4) is 17.2 Å². The first-order valence-electron chi connectivity index (χ1n) is 9.25. The van der Waals surface area contributed by atoms with E-state index in [-0.39, 0.29) is 5.91 Å². The summed E-state index contributed by atoms with van der Waals surface area (Å²) in [6.07, 6.45) is 3.35. The van der Waals surface area contributed by atoms with Crippen molar-refractivity contribution < 1.29 is 19.0 Å². The third-order valence-electron chi connectivity index (χ3n) is 5.11. The molecule has 1 amide bonds. The lowest BCUT2D eigenvalue weighted by atomic mass is 10.1. The summed E-state index contributed by atoms with van der Waals surface area (Å²) in [5, 5.41) is 2.99. The first kappa shape index (κ1) is 19.1. The second-order valence-corrected chi connectivity index (χ2v) is 6.92. The van der Waals surface area contributed by atoms with Gasteiger partial charge in [0.1, 0.15) is 0 Å². The molecular weight excluding hydrogens is 344 g/mol. The molecular formula is C21H28N2O4. The van der Waals surface area contributed by atoms with Crippen LogP contribution in [0.25, 0.3) is 0 Å². The van der Waals surface area contributed by atoms with Gasteiger partial charge < -0.3 is 24.1 Å². The summed E-state index contributed by atoms with van der Waals surface area (Å²) in [5.74, 6) is 1.25. The predicted octanol–water partition coefficient (Wildman–Crippen LogP) is 3.44. The number of nitrogens with one attached hydrogen (secondary N) is 1. The van der Waals surface area contributed by atoms with E-state index in [1.807, 2.05) is 0 Å². The number of hydrogen-bond donors (Lipinski definition) is 1. The average molecular weight is 372 g/mol. The van der Waals surface area contributed by atoms with E-state index >= 15 is 0 Å². The van der Waals surface area contributed by atoms with E-state index in [9.17, 15) is 4.79 Å². The zero-order chi connectivity index (χ0) is 19.6. The van der Waals surface area contributed by atoms with Crippen molar-refractivity contribution in [2.45, 2.75) is 39.2 Å². The smallest absolute Gasteiger partial charge is 0.251 e. The molecule has 0 unspecified atom stereocenters. The normalized spacial score (nSPS) is 13.4. The van der Waals surface area contributed by atoms with Crippen LogP contribution in [-0.2, 0) is 6.42 Å². The molecule has 0 bridgehead atoms. The van der Waals surface area contributed by atoms with Gasteiger partial charge >= 0.3 is 0 Å². The fraction of sp³-hybridized carbons (Fsp3) is 0.476. The molecule has 2 aromatic rings. The highest BCUT2D eigenvalue weighted by Gasteiger charge is 2.26. The Balaban J connectivity index is 1.67. The maximum atomic E-state index is 12.6. The van der Waals surface area contributed by atoms with Gasteiger partial charge in [-0.25, -0.2) is 0 Å². The molecule has 1 aliphatic rings. The van der Waals surface area contributed by atoms with Crippen molar-refractivity contribution in [3.05, 3.63) is 40.7 Å². The first-order valence-corrected chi connectivity index (χ1v) is 9.25. The number of hydrogen-bond acceptors (Lipinski definition) is 4. The molecule has 0 atom stereocenters. The Morgan fingerprint density at radius 1 is 1.07 bits per heavy atom. The highest BCUT2D eigenvalue weighted by Crippen LogP contribution is 2.39. The fourth-order valence-electron chi connectivity index (χ4n) is 3.62. The summed E-state index contributed by atoms with van der Waals surface area (Å²) >= 11 is 0. The molecule has 0 radical (unpaired) electrons. The third kappa shape index (κ3) is 3.89. The number of aromatic nitrogens is 1. The van der Waals surface area contributed by atoms with Crippen molar-refractivity contribution in [3.63, 3.8) is 0 Å². The second-order valence-electron chi connectivity index (χ2n) is 6.92. The van der Waals surface area contributed by atoms with E-state index in [0.717, 1.165) is 6.42 Å². The van der Waals surface area contributed by atoms with Crippen LogP contribution in [0.5, 0.6) is 17.2 Å². The quantitative estimate of drug-likeness (QED) is 0.771. The summed E-state index contributed by atoms with van der Waals surface area (Å²) in [4.78, 5) is 12.6. The van der Waals surface area contributed by atoms with Gasteiger partial charge in [-0.15, -0.1) is 0 Å². The van der Waals surface area contributed by atoms with Crippen molar-refractivity contribution in [1.29, 1.82) is 0 Å². The third-order valence-corrected chi connectivity index (χ3v) is 5.11. The Hall–Kier alpha value is -2.63. The van der Waals surface area contributed by atoms with E-state index < -0.39 is 0 Å². The lowest BCUT2D eigenvalue weighted by molar-refractivity contribution is 0.0953. The monoisotopic (exact) mass is 372 g/mol. The number of nitrogens with zero attached hydrogens (tertiary/aromatic N) is 1. The molecule has 6 heteroatoms. The van der Waals surface area contributed by atoms with Crippen LogP contribution in [0, 0.1) is 13.8 Å². The Morgan fingerprint density at radius 3 is 2.22 bits per heavy atom. The van der Waals surface area contributed by atoms with Gasteiger partial charge in [0, 0.05) is 29.5 Å². The van der Waals surface area contributed by atoms with Crippen molar-refractivity contribution in [2.24, 2.45) is 0 Å². The molecule has 1 aromatic carbocycles. The number of benzene rings is 1. The molecule has 0 aliphatic heterocycles. The minimum Gasteiger partial charge on any atom is -0.493 e. The van der Waals surface area contributed by atoms with E-state index in [0.29, 0.717) is 35.4 Å². The highest BCUT2D eigenvalue weighted by atomic mass is 16.5. The molecule has 3 rings (SSSR count). The SMILES string of the molecule is COc1cc(C(=O)NCCc2cc(C)n(C3CC3)c2C)cc(OC)c1OC. The number of aryl methyl sites for hydroxylation is 1. The topological polar surface area (TPSA) is 61.7 Å². The molecule has 1 aromatic heterocycles. The zero-order valence-electron chi connectivity index (χ0n) is 16.7. The molecule has 0 spiro atoms. The van der Waals surface area contributed by atoms with Crippen LogP contribution in [0.2, 0.25) is 0 Å². The van der Waals surface area contributed by atoms with Gasteiger partial charge in [-0.1, -0.05) is 0 Å². The van der Waals surface area contributed by atoms with Gasteiger partial charge in [-0.05, 0) is 56.9 Å². The molecule has 1 heterocycles. The fourth-order valence-corrected chi connectivity index (χ4v) is 3.62. The minimum atomic E-state index is -0.162. The van der Waals surface area contributed by atoms with Crippen LogP contribution in [-0.4, -0.2) is 38.3 Å². The van der Waals surface area contributed by atoms with Gasteiger partial charge in [-0.2, -0.15) is 0 Å². The van der Waals surface area contributed by atoms with Gasteiger partial charge in [0.25, 0.3) is 5.91 Å². The standard InChI is InChI=1S/C21H28N2O4/c1-13-10-15(14(2)23(13)17-6-7-17)8-9-22-21(24)16-11-18(25-3)20(27-5)19(12-16)26-4/h10-12,17H,6-9H2,1-5H3,(H,22,24). The van der Waals surface area contributed by atoms with Crippen LogP contribution in [0.1, 0.15) is 46.2 Å². The Bertz CT molecular complexity index is 812. The van der Waals surface area contributed by atoms with Crippen molar-refractivity contribution in [1.82, 2.24) is 9.88 Å². The molecule has 1 saturated carbocycles. The van der Waals surface area contributed by atoms with Crippen molar-refractivity contribution >= 4 is 5.91 Å². The lowest BCUT2D eigenvalue weighted by Crippen LogP contribution is -2.26. The summed E-state index contributed by atoms with van der Waals surface area (Å²) in [6, 6.07) is 6.23. The lowest BCUT2D eigenvalue weighted by Gasteiger charge is -2.14. The molecule has 1 fully saturated rings. The van der Waals surface area contributed by atoms with Crippen LogP contribution >= 0.6 is 0 Å². The number of ether oxygens (including phenoxy) is 3. The van der Waals surface area contributed by atoms with Crippen LogP contribution in [0.3, 0.4) is 0 Å². The van der Waals surface area contributed by atoms with E-state index in [1.165, 1.54) is 51.1 Å². The molecule has 146 valence electrons. The molecule has 6 nitrogen and oxygen atoms in total. The maximum absolute atomic E-state index is 12.6. The number of carbonyl (C=O) groups excluding carboxylic acids is 1. The molecule has 1 N–H and O–H groups in total. The van der Waals surface area contributed by atoms with Crippen LogP contribution in [0.4, 0.5) is 0 Å². The van der Waals surface area contributed by atoms with Gasteiger partial charge in [0.05, 0.1) is 21.3 Å². The minimum absolute atomic E-state index is 0.162. The first-order chi connectivity index (χ1) is 13.0. The Labute approximate surface area is 160 Å². The number of methoxy groups -OCH3 is 3. The van der Waals surface area contributed by atoms with Gasteiger partial charge in [0.2, 0.25) is 5.75 Å². The summed E-state index contributed by atoms with van der Waals surface area (Å²) in [5.41, 5.74) is 4.40. The number of carbonyl (C=O) groups is 1. The van der Waals surface area contributed by atoms with Crippen molar-refractivity contribution in [2.75, 3.05) is 27.9 Å². The summed E-state index contributed by atoms with van der Waals surface area (Å²) in [6.45, 7) is 4.90. The van der Waals surface area contributed by atoms with Gasteiger partial charge in [-0.3, -0.25) is 4.79 Å². The maximum Gasteiger partial charge on any atom is 0.251 e. The number of amides is 1. The zero-order valence-corrected chi connectivity index (χ0v) is 16.7. The second kappa shape index (κ2) is 7.94. The van der Waals surface area contributed by atoms with E-state index in [1.54, 1.807) is 12.1 Å². The van der Waals surface area contributed by atoms with Crippen LogP contribution in [0.15, 0.2) is 18.2 Å². The summed E-state index contributed by atoms with van der Waals surface area (Å²) in [7, 11) is 4.61. The Morgan fingerprint density at radius 2 is 1.70 bits per heavy atom. The van der Waals surface area contributed by atoms with Crippen LogP contribution < -0.4 is 19.5 Å². The van der Waals surface area contributed by atoms with Gasteiger partial charge in [0.15, 0.2) is 11.5 Å². The molecule has 27 heavy (non-hydrogen) atoms. The number of rotatable bonds is 8. The van der Waals surface area contributed by atoms with E-state index in [2.05, 4.69) is 29.8 Å². The average Bonchev–Trinajstić information content (AvgIpc) is 3.46. The van der Waals surface area contributed by atoms with E-state index in [4.69, 9.17) is 14.2 Å². The molecule has 1 aliphatic carbocycles. The predicted molar refractivity (Wildman–Crippen MR) is 104 cm³/mol. The highest BCUT2D eigenvalue weighted by molar-refractivity contribution is 5.95. The summed E-state index contributed by atoms with van der Waals surface area (Å²) < 4.78 is 18.4. The molecule has 0 saturated heterocycles. The largest absolute Gasteiger partial charge is 0.493 e. The Kier molecular flexibility index (Phi) is 5.63.